The van der Waals surface area contributed by atoms with Crippen LogP contribution in [0.4, 0.5) is 0 Å². The zero-order valence-electron chi connectivity index (χ0n) is 14.1. The fraction of sp³-hybridized carbons (Fsp3) is 0.350. The maximum absolute atomic E-state index is 12.0. The summed E-state index contributed by atoms with van der Waals surface area (Å²) >= 11 is 0. The van der Waals surface area contributed by atoms with Gasteiger partial charge in [-0.1, -0.05) is 48.5 Å². The Labute approximate surface area is 151 Å². The highest BCUT2D eigenvalue weighted by molar-refractivity contribution is 5.89. The second-order valence-electron chi connectivity index (χ2n) is 6.46. The van der Waals surface area contributed by atoms with Crippen molar-refractivity contribution < 1.29 is 28.8 Å². The van der Waals surface area contributed by atoms with Crippen molar-refractivity contribution in [2.24, 2.45) is 0 Å². The number of esters is 1. The van der Waals surface area contributed by atoms with Crippen LogP contribution in [0, 0.1) is 0 Å². The largest absolute Gasteiger partial charge is 0.459 e. The predicted octanol–water partition coefficient (Wildman–Crippen LogP) is 2.44. The Morgan fingerprint density at radius 2 is 1.81 bits per heavy atom. The van der Waals surface area contributed by atoms with Crippen LogP contribution in [0.3, 0.4) is 0 Å². The lowest BCUT2D eigenvalue weighted by Crippen LogP contribution is -2.50. The summed E-state index contributed by atoms with van der Waals surface area (Å²) in [5.74, 6) is -1.94. The van der Waals surface area contributed by atoms with Crippen molar-refractivity contribution in [2.75, 3.05) is 13.2 Å². The van der Waals surface area contributed by atoms with E-state index in [0.29, 0.717) is 12.0 Å². The van der Waals surface area contributed by atoms with Gasteiger partial charge in [0.1, 0.15) is 19.3 Å². The van der Waals surface area contributed by atoms with Gasteiger partial charge in [-0.15, -0.1) is 0 Å². The van der Waals surface area contributed by atoms with Crippen LogP contribution in [-0.2, 0) is 18.9 Å². The quantitative estimate of drug-likeness (QED) is 0.848. The number of benzene rings is 2. The van der Waals surface area contributed by atoms with E-state index in [9.17, 15) is 9.90 Å². The molecule has 0 amide bonds. The number of ether oxygens (including phenoxy) is 4. The minimum absolute atomic E-state index is 0.000356. The van der Waals surface area contributed by atoms with Crippen LogP contribution in [0.25, 0.3) is 0 Å². The van der Waals surface area contributed by atoms with Crippen molar-refractivity contribution in [3.05, 3.63) is 71.8 Å². The molecule has 2 aromatic carbocycles. The molecule has 4 rings (SSSR count). The standard InChI is InChI=1S/C20H20O6/c21-18(14-7-3-1-4-8-14)23-12-16-11-17-20(22,26-16)13-24-19(25-17)15-9-5-2-6-10-15/h1-10,16-17,19,22H,11-13H2/t16-,17-,19?,20-/m0/s1. The molecule has 1 N–H and O–H groups in total. The summed E-state index contributed by atoms with van der Waals surface area (Å²) < 4.78 is 22.5. The van der Waals surface area contributed by atoms with Gasteiger partial charge < -0.3 is 24.1 Å². The van der Waals surface area contributed by atoms with Gasteiger partial charge in [-0.25, -0.2) is 4.79 Å². The summed E-state index contributed by atoms with van der Waals surface area (Å²) in [5, 5.41) is 10.6. The number of fused-ring (bicyclic) bond motifs is 1. The molecule has 0 saturated carbocycles. The maximum Gasteiger partial charge on any atom is 0.338 e. The molecule has 2 aromatic rings. The van der Waals surface area contributed by atoms with Gasteiger partial charge in [0.05, 0.1) is 11.7 Å². The average Bonchev–Trinajstić information content (AvgIpc) is 3.03. The Balaban J connectivity index is 1.35. The highest BCUT2D eigenvalue weighted by Crippen LogP contribution is 2.40. The molecule has 26 heavy (non-hydrogen) atoms. The Morgan fingerprint density at radius 1 is 1.12 bits per heavy atom. The summed E-state index contributed by atoms with van der Waals surface area (Å²) in [4.78, 5) is 12.0. The normalized spacial score (nSPS) is 30.6. The van der Waals surface area contributed by atoms with Crippen LogP contribution in [0.5, 0.6) is 0 Å². The van der Waals surface area contributed by atoms with Crippen molar-refractivity contribution in [3.8, 4) is 0 Å². The molecule has 0 aliphatic carbocycles. The van der Waals surface area contributed by atoms with E-state index < -0.39 is 30.3 Å². The second kappa shape index (κ2) is 7.17. The van der Waals surface area contributed by atoms with Crippen molar-refractivity contribution in [2.45, 2.75) is 30.7 Å². The van der Waals surface area contributed by atoms with Crippen molar-refractivity contribution in [3.63, 3.8) is 0 Å². The van der Waals surface area contributed by atoms with E-state index in [2.05, 4.69) is 0 Å². The van der Waals surface area contributed by atoms with E-state index in [1.54, 1.807) is 24.3 Å². The van der Waals surface area contributed by atoms with Crippen LogP contribution in [0.1, 0.15) is 28.6 Å². The van der Waals surface area contributed by atoms with E-state index in [-0.39, 0.29) is 13.2 Å². The first kappa shape index (κ1) is 17.2. The topological polar surface area (TPSA) is 74.2 Å². The molecule has 2 aliphatic heterocycles. The van der Waals surface area contributed by atoms with Crippen molar-refractivity contribution in [1.29, 1.82) is 0 Å². The molecular weight excluding hydrogens is 336 g/mol. The van der Waals surface area contributed by atoms with E-state index >= 15 is 0 Å². The fourth-order valence-corrected chi connectivity index (χ4v) is 3.22. The van der Waals surface area contributed by atoms with Gasteiger partial charge in [0.15, 0.2) is 6.29 Å². The van der Waals surface area contributed by atoms with Crippen molar-refractivity contribution >= 4 is 5.97 Å². The Kier molecular flexibility index (Phi) is 4.74. The van der Waals surface area contributed by atoms with Gasteiger partial charge in [-0.3, -0.25) is 0 Å². The van der Waals surface area contributed by atoms with Gasteiger partial charge in [-0.2, -0.15) is 0 Å². The first-order valence-electron chi connectivity index (χ1n) is 8.58. The molecule has 1 unspecified atom stereocenters. The van der Waals surface area contributed by atoms with Crippen LogP contribution in [-0.4, -0.2) is 42.3 Å². The summed E-state index contributed by atoms with van der Waals surface area (Å²) in [7, 11) is 0. The number of rotatable bonds is 4. The van der Waals surface area contributed by atoms with Crippen LogP contribution in [0.2, 0.25) is 0 Å². The van der Waals surface area contributed by atoms with E-state index in [1.165, 1.54) is 0 Å². The van der Waals surface area contributed by atoms with Gasteiger partial charge in [0.2, 0.25) is 5.79 Å². The number of hydrogen-bond acceptors (Lipinski definition) is 6. The molecule has 0 bridgehead atoms. The summed E-state index contributed by atoms with van der Waals surface area (Å²) in [6.45, 7) is 0.0479. The molecule has 136 valence electrons. The molecule has 6 heteroatoms. The lowest BCUT2D eigenvalue weighted by atomic mass is 10.1. The Bertz CT molecular complexity index is 749. The van der Waals surface area contributed by atoms with Gasteiger partial charge in [0, 0.05) is 12.0 Å². The molecule has 2 saturated heterocycles. The molecule has 4 atom stereocenters. The monoisotopic (exact) mass is 356 g/mol. The molecule has 0 spiro atoms. The predicted molar refractivity (Wildman–Crippen MR) is 91.2 cm³/mol. The second-order valence-corrected chi connectivity index (χ2v) is 6.46. The molecule has 2 fully saturated rings. The number of carbonyl (C=O) groups is 1. The van der Waals surface area contributed by atoms with E-state index in [0.717, 1.165) is 5.56 Å². The van der Waals surface area contributed by atoms with Crippen LogP contribution >= 0.6 is 0 Å². The van der Waals surface area contributed by atoms with Crippen LogP contribution in [0.15, 0.2) is 60.7 Å². The highest BCUT2D eigenvalue weighted by atomic mass is 16.8. The third-order valence-corrected chi connectivity index (χ3v) is 4.56. The molecule has 0 radical (unpaired) electrons. The lowest BCUT2D eigenvalue weighted by molar-refractivity contribution is -0.347. The molecule has 6 nitrogen and oxygen atoms in total. The summed E-state index contributed by atoms with van der Waals surface area (Å²) in [6.07, 6.45) is -1.11. The molecular formula is C20H20O6. The van der Waals surface area contributed by atoms with E-state index in [1.807, 2.05) is 36.4 Å². The minimum Gasteiger partial charge on any atom is -0.459 e. The molecule has 2 aliphatic rings. The van der Waals surface area contributed by atoms with Crippen molar-refractivity contribution in [1.82, 2.24) is 0 Å². The molecule has 2 heterocycles. The summed E-state index contributed by atoms with van der Waals surface area (Å²) in [6, 6.07) is 18.3. The maximum atomic E-state index is 12.0. The number of aliphatic hydroxyl groups is 1. The smallest absolute Gasteiger partial charge is 0.338 e. The SMILES string of the molecule is O=C(OC[C@@H]1C[C@@H]2OC(c3ccccc3)OC[C@]2(O)O1)c1ccccc1. The number of hydrogen-bond donors (Lipinski definition) is 1. The lowest BCUT2D eigenvalue weighted by Gasteiger charge is -2.37. The van der Waals surface area contributed by atoms with E-state index in [4.69, 9.17) is 18.9 Å². The fourth-order valence-electron chi connectivity index (χ4n) is 3.22. The van der Waals surface area contributed by atoms with Gasteiger partial charge >= 0.3 is 5.97 Å². The zero-order valence-corrected chi connectivity index (χ0v) is 14.1. The van der Waals surface area contributed by atoms with Gasteiger partial charge in [-0.05, 0) is 12.1 Å². The first-order chi connectivity index (χ1) is 12.6. The highest BCUT2D eigenvalue weighted by Gasteiger charge is 2.53. The molecule has 0 aromatic heterocycles. The van der Waals surface area contributed by atoms with Gasteiger partial charge in [0.25, 0.3) is 0 Å². The third-order valence-electron chi connectivity index (χ3n) is 4.56. The Hall–Kier alpha value is -2.25. The Morgan fingerprint density at radius 3 is 2.54 bits per heavy atom. The zero-order chi connectivity index (χ0) is 18.0. The number of carbonyl (C=O) groups excluding carboxylic acids is 1. The third kappa shape index (κ3) is 3.50. The average molecular weight is 356 g/mol. The summed E-state index contributed by atoms with van der Waals surface area (Å²) in [5.41, 5.74) is 1.36. The first-order valence-corrected chi connectivity index (χ1v) is 8.58. The minimum atomic E-state index is -1.52. The van der Waals surface area contributed by atoms with Crippen LogP contribution < -0.4 is 0 Å².